The van der Waals surface area contributed by atoms with Gasteiger partial charge >= 0.3 is 0 Å². The molecule has 3 rings (SSSR count). The second-order valence-corrected chi connectivity index (χ2v) is 8.33. The number of piperazine rings is 1. The first-order chi connectivity index (χ1) is 12.5. The Labute approximate surface area is 158 Å². The molecule has 0 aliphatic carbocycles. The number of halogens is 1. The molecule has 0 radical (unpaired) electrons. The first-order valence-electron chi connectivity index (χ1n) is 8.29. The van der Waals surface area contributed by atoms with E-state index in [-0.39, 0.29) is 17.3 Å². The van der Waals surface area contributed by atoms with Crippen LogP contribution in [0.1, 0.15) is 0 Å². The number of benzene rings is 2. The molecule has 0 atom stereocenters. The van der Waals surface area contributed by atoms with Crippen molar-refractivity contribution in [2.24, 2.45) is 0 Å². The van der Waals surface area contributed by atoms with Gasteiger partial charge in [-0.05, 0) is 36.4 Å². The average Bonchev–Trinajstić information content (AvgIpc) is 2.68. The largest absolute Gasteiger partial charge is 0.376 e. The van der Waals surface area contributed by atoms with Crippen molar-refractivity contribution in [1.82, 2.24) is 9.21 Å². The fourth-order valence-electron chi connectivity index (χ4n) is 2.78. The van der Waals surface area contributed by atoms with E-state index in [1.807, 2.05) is 0 Å². The summed E-state index contributed by atoms with van der Waals surface area (Å²) in [6, 6.07) is 15.5. The van der Waals surface area contributed by atoms with E-state index in [9.17, 15) is 13.2 Å². The van der Waals surface area contributed by atoms with Gasteiger partial charge in [-0.1, -0.05) is 29.8 Å². The lowest BCUT2D eigenvalue weighted by atomic mass is 10.3. The van der Waals surface area contributed by atoms with Gasteiger partial charge in [0, 0.05) is 36.9 Å². The first kappa shape index (κ1) is 18.7. The fourth-order valence-corrected chi connectivity index (χ4v) is 4.35. The van der Waals surface area contributed by atoms with Crippen LogP contribution in [0.3, 0.4) is 0 Å². The van der Waals surface area contributed by atoms with Gasteiger partial charge in [-0.2, -0.15) is 4.31 Å². The van der Waals surface area contributed by atoms with E-state index in [0.717, 1.165) is 5.69 Å². The number of nitrogens with one attached hydrogen (secondary N) is 1. The van der Waals surface area contributed by atoms with E-state index in [1.54, 1.807) is 59.5 Å². The van der Waals surface area contributed by atoms with Crippen LogP contribution >= 0.6 is 11.6 Å². The van der Waals surface area contributed by atoms with Gasteiger partial charge in [0.25, 0.3) is 0 Å². The molecule has 1 fully saturated rings. The number of rotatable bonds is 5. The Balaban J connectivity index is 1.53. The van der Waals surface area contributed by atoms with E-state index in [0.29, 0.717) is 31.2 Å². The van der Waals surface area contributed by atoms with Crippen molar-refractivity contribution in [3.8, 4) is 0 Å². The number of carbonyl (C=O) groups is 1. The van der Waals surface area contributed by atoms with Crippen LogP contribution in [0, 0.1) is 0 Å². The lowest BCUT2D eigenvalue weighted by Gasteiger charge is -2.34. The molecular weight excluding hydrogens is 374 g/mol. The highest BCUT2D eigenvalue weighted by atomic mass is 35.5. The summed E-state index contributed by atoms with van der Waals surface area (Å²) in [6.45, 7) is 1.52. The standard InChI is InChI=1S/C18H20ClN3O3S/c19-15-6-8-16(9-7-15)20-14-18(23)21-10-12-22(13-11-21)26(24,25)17-4-2-1-3-5-17/h1-9,20H,10-14H2. The summed E-state index contributed by atoms with van der Waals surface area (Å²) in [4.78, 5) is 14.3. The molecule has 8 heteroatoms. The van der Waals surface area contributed by atoms with Gasteiger partial charge in [0.15, 0.2) is 0 Å². The number of amides is 1. The van der Waals surface area contributed by atoms with Crippen molar-refractivity contribution in [3.63, 3.8) is 0 Å². The number of nitrogens with zero attached hydrogens (tertiary/aromatic N) is 2. The zero-order valence-corrected chi connectivity index (χ0v) is 15.7. The minimum absolute atomic E-state index is 0.0586. The van der Waals surface area contributed by atoms with Gasteiger partial charge in [0.1, 0.15) is 0 Å². The fraction of sp³-hybridized carbons (Fsp3) is 0.278. The van der Waals surface area contributed by atoms with Crippen molar-refractivity contribution >= 4 is 33.2 Å². The quantitative estimate of drug-likeness (QED) is 0.846. The third-order valence-electron chi connectivity index (χ3n) is 4.26. The summed E-state index contributed by atoms with van der Waals surface area (Å²) >= 11 is 5.83. The molecule has 0 spiro atoms. The van der Waals surface area contributed by atoms with E-state index in [2.05, 4.69) is 5.32 Å². The molecule has 2 aromatic rings. The van der Waals surface area contributed by atoms with E-state index >= 15 is 0 Å². The Morgan fingerprint density at radius 3 is 2.19 bits per heavy atom. The van der Waals surface area contributed by atoms with Crippen LogP contribution in [-0.4, -0.2) is 56.3 Å². The molecule has 138 valence electrons. The van der Waals surface area contributed by atoms with Crippen LogP contribution in [0.5, 0.6) is 0 Å². The third-order valence-corrected chi connectivity index (χ3v) is 6.43. The van der Waals surface area contributed by atoms with Gasteiger partial charge in [-0.25, -0.2) is 8.42 Å². The van der Waals surface area contributed by atoms with Crippen molar-refractivity contribution in [3.05, 3.63) is 59.6 Å². The number of hydrogen-bond donors (Lipinski definition) is 1. The number of carbonyl (C=O) groups excluding carboxylic acids is 1. The predicted molar refractivity (Wildman–Crippen MR) is 102 cm³/mol. The molecule has 1 N–H and O–H groups in total. The molecule has 6 nitrogen and oxygen atoms in total. The van der Waals surface area contributed by atoms with Gasteiger partial charge in [0.2, 0.25) is 15.9 Å². The summed E-state index contributed by atoms with van der Waals surface area (Å²) in [7, 11) is -3.50. The molecular formula is C18H20ClN3O3S. The molecule has 1 aliphatic heterocycles. The smallest absolute Gasteiger partial charge is 0.243 e. The second-order valence-electron chi connectivity index (χ2n) is 5.96. The summed E-state index contributed by atoms with van der Waals surface area (Å²) < 4.78 is 26.6. The Bertz CT molecular complexity index is 849. The van der Waals surface area contributed by atoms with Crippen LogP contribution in [0.15, 0.2) is 59.5 Å². The maximum Gasteiger partial charge on any atom is 0.243 e. The Hall–Kier alpha value is -2.09. The number of hydrogen-bond acceptors (Lipinski definition) is 4. The Kier molecular flexibility index (Phi) is 5.80. The van der Waals surface area contributed by atoms with Crippen LogP contribution in [0.25, 0.3) is 0 Å². The highest BCUT2D eigenvalue weighted by Crippen LogP contribution is 2.17. The Morgan fingerprint density at radius 2 is 1.58 bits per heavy atom. The number of anilines is 1. The normalized spacial score (nSPS) is 15.7. The highest BCUT2D eigenvalue weighted by Gasteiger charge is 2.29. The molecule has 1 amide bonds. The summed E-state index contributed by atoms with van der Waals surface area (Å²) in [5.41, 5.74) is 0.813. The predicted octanol–water partition coefficient (Wildman–Crippen LogP) is 2.29. The zero-order chi connectivity index (χ0) is 18.6. The molecule has 0 bridgehead atoms. The zero-order valence-electron chi connectivity index (χ0n) is 14.1. The van der Waals surface area contributed by atoms with Crippen molar-refractivity contribution < 1.29 is 13.2 Å². The lowest BCUT2D eigenvalue weighted by molar-refractivity contribution is -0.130. The molecule has 1 heterocycles. The SMILES string of the molecule is O=C(CNc1ccc(Cl)cc1)N1CCN(S(=O)(=O)c2ccccc2)CC1. The molecule has 1 aliphatic rings. The van der Waals surface area contributed by atoms with E-state index in [1.165, 1.54) is 4.31 Å². The van der Waals surface area contributed by atoms with Crippen molar-refractivity contribution in [1.29, 1.82) is 0 Å². The molecule has 0 saturated carbocycles. The molecule has 2 aromatic carbocycles. The van der Waals surface area contributed by atoms with Gasteiger partial charge in [-0.15, -0.1) is 0 Å². The minimum Gasteiger partial charge on any atom is -0.376 e. The maximum absolute atomic E-state index is 12.6. The van der Waals surface area contributed by atoms with Crippen molar-refractivity contribution in [2.75, 3.05) is 38.0 Å². The lowest BCUT2D eigenvalue weighted by Crippen LogP contribution is -2.51. The number of sulfonamides is 1. The topological polar surface area (TPSA) is 69.7 Å². The second kappa shape index (κ2) is 8.07. The summed E-state index contributed by atoms with van der Waals surface area (Å²) in [6.07, 6.45) is 0. The first-order valence-corrected chi connectivity index (χ1v) is 10.1. The van der Waals surface area contributed by atoms with Crippen LogP contribution in [-0.2, 0) is 14.8 Å². The van der Waals surface area contributed by atoms with E-state index < -0.39 is 10.0 Å². The van der Waals surface area contributed by atoms with Gasteiger partial charge in [-0.3, -0.25) is 4.79 Å². The van der Waals surface area contributed by atoms with Crippen LogP contribution < -0.4 is 5.32 Å². The summed E-state index contributed by atoms with van der Waals surface area (Å²) in [5, 5.41) is 3.69. The molecule has 0 aromatic heterocycles. The molecule has 0 unspecified atom stereocenters. The third kappa shape index (κ3) is 4.35. The van der Waals surface area contributed by atoms with Crippen molar-refractivity contribution in [2.45, 2.75) is 4.90 Å². The van der Waals surface area contributed by atoms with Gasteiger partial charge in [0.05, 0.1) is 11.4 Å². The van der Waals surface area contributed by atoms with E-state index in [4.69, 9.17) is 11.6 Å². The van der Waals surface area contributed by atoms with Crippen LogP contribution in [0.4, 0.5) is 5.69 Å². The highest BCUT2D eigenvalue weighted by molar-refractivity contribution is 7.89. The monoisotopic (exact) mass is 393 g/mol. The average molecular weight is 394 g/mol. The minimum atomic E-state index is -3.50. The van der Waals surface area contributed by atoms with Crippen LogP contribution in [0.2, 0.25) is 5.02 Å². The van der Waals surface area contributed by atoms with Gasteiger partial charge < -0.3 is 10.2 Å². The molecule has 1 saturated heterocycles. The Morgan fingerprint density at radius 1 is 0.962 bits per heavy atom. The molecule has 26 heavy (non-hydrogen) atoms. The summed E-state index contributed by atoms with van der Waals surface area (Å²) in [5.74, 6) is -0.0586. The maximum atomic E-state index is 12.6.